The third kappa shape index (κ3) is 3.38. The van der Waals surface area contributed by atoms with Gasteiger partial charge in [0.05, 0.1) is 5.92 Å². The molecule has 0 radical (unpaired) electrons. The Balaban J connectivity index is 0.00000180. The van der Waals surface area contributed by atoms with Crippen LogP contribution in [-0.4, -0.2) is 30.3 Å². The van der Waals surface area contributed by atoms with E-state index >= 15 is 0 Å². The zero-order valence-electron chi connectivity index (χ0n) is 11.0. The van der Waals surface area contributed by atoms with Crippen molar-refractivity contribution in [1.82, 2.24) is 4.90 Å². The second-order valence-electron chi connectivity index (χ2n) is 4.74. The summed E-state index contributed by atoms with van der Waals surface area (Å²) in [7, 11) is 1.71. The predicted molar refractivity (Wildman–Crippen MR) is 77.2 cm³/mol. The van der Waals surface area contributed by atoms with E-state index in [4.69, 9.17) is 5.73 Å². The summed E-state index contributed by atoms with van der Waals surface area (Å²) in [6, 6.07) is 5.38. The van der Waals surface area contributed by atoms with E-state index in [1.54, 1.807) is 24.1 Å². The summed E-state index contributed by atoms with van der Waals surface area (Å²) in [5, 5.41) is 2.84. The molecule has 1 unspecified atom stereocenters. The van der Waals surface area contributed by atoms with E-state index in [-0.39, 0.29) is 36.6 Å². The van der Waals surface area contributed by atoms with Crippen LogP contribution in [0.25, 0.3) is 0 Å². The third-order valence-corrected chi connectivity index (χ3v) is 3.23. The lowest BCUT2D eigenvalue weighted by atomic mass is 10.1. The van der Waals surface area contributed by atoms with Crippen LogP contribution >= 0.6 is 12.4 Å². The molecule has 0 saturated carbocycles. The quantitative estimate of drug-likeness (QED) is 0.806. The van der Waals surface area contributed by atoms with E-state index in [1.807, 2.05) is 13.0 Å². The Bertz CT molecular complexity index is 505. The maximum Gasteiger partial charge on any atom is 0.229 e. The van der Waals surface area contributed by atoms with Crippen LogP contribution in [0.2, 0.25) is 0 Å². The summed E-state index contributed by atoms with van der Waals surface area (Å²) in [4.78, 5) is 25.0. The summed E-state index contributed by atoms with van der Waals surface area (Å²) in [6.07, 6.45) is 0.281. The van der Waals surface area contributed by atoms with Crippen LogP contribution in [0.1, 0.15) is 12.0 Å². The number of hydrogen-bond acceptors (Lipinski definition) is 3. The van der Waals surface area contributed by atoms with Crippen molar-refractivity contribution in [2.24, 2.45) is 5.92 Å². The van der Waals surface area contributed by atoms with Gasteiger partial charge in [0.2, 0.25) is 11.8 Å². The number of halogens is 1. The van der Waals surface area contributed by atoms with Crippen molar-refractivity contribution in [3.05, 3.63) is 23.8 Å². The van der Waals surface area contributed by atoms with Gasteiger partial charge in [0, 0.05) is 31.4 Å². The second kappa shape index (κ2) is 5.93. The molecule has 0 spiro atoms. The van der Waals surface area contributed by atoms with Gasteiger partial charge >= 0.3 is 0 Å². The van der Waals surface area contributed by atoms with Crippen LogP contribution in [0.4, 0.5) is 11.4 Å². The van der Waals surface area contributed by atoms with Gasteiger partial charge in [-0.05, 0) is 24.6 Å². The molecule has 1 atom stereocenters. The molecule has 3 N–H and O–H groups in total. The summed E-state index contributed by atoms with van der Waals surface area (Å²) in [5.41, 5.74) is 7.96. The minimum absolute atomic E-state index is 0. The molecule has 1 aromatic carbocycles. The molecule has 2 amide bonds. The van der Waals surface area contributed by atoms with E-state index in [1.165, 1.54) is 0 Å². The Labute approximate surface area is 118 Å². The SMILES string of the molecule is Cc1ccc(N)cc1NC(=O)C1CC(=O)N(C)C1.Cl. The van der Waals surface area contributed by atoms with Crippen molar-refractivity contribution >= 4 is 35.6 Å². The highest BCUT2D eigenvalue weighted by molar-refractivity contribution is 5.97. The van der Waals surface area contributed by atoms with Gasteiger partial charge in [0.15, 0.2) is 0 Å². The number of nitrogen functional groups attached to an aromatic ring is 1. The van der Waals surface area contributed by atoms with Gasteiger partial charge in [-0.15, -0.1) is 12.4 Å². The molecular formula is C13H18ClN3O2. The van der Waals surface area contributed by atoms with Gasteiger partial charge in [0.1, 0.15) is 0 Å². The third-order valence-electron chi connectivity index (χ3n) is 3.23. The Kier molecular flexibility index (Phi) is 4.78. The first-order valence-electron chi connectivity index (χ1n) is 5.88. The number of benzene rings is 1. The van der Waals surface area contributed by atoms with E-state index in [0.717, 1.165) is 5.56 Å². The lowest BCUT2D eigenvalue weighted by Crippen LogP contribution is -2.26. The highest BCUT2D eigenvalue weighted by Gasteiger charge is 2.32. The Morgan fingerprint density at radius 2 is 2.16 bits per heavy atom. The number of nitrogens with one attached hydrogen (secondary N) is 1. The number of rotatable bonds is 2. The minimum atomic E-state index is -0.275. The number of amides is 2. The first-order chi connectivity index (χ1) is 8.47. The molecule has 1 fully saturated rings. The number of hydrogen-bond donors (Lipinski definition) is 2. The Hall–Kier alpha value is -1.75. The predicted octanol–water partition coefficient (Wildman–Crippen LogP) is 1.42. The van der Waals surface area contributed by atoms with Gasteiger partial charge in [-0.25, -0.2) is 0 Å². The van der Waals surface area contributed by atoms with Gasteiger partial charge in [-0.2, -0.15) is 0 Å². The molecule has 1 saturated heterocycles. The zero-order valence-corrected chi connectivity index (χ0v) is 11.8. The largest absolute Gasteiger partial charge is 0.399 e. The first kappa shape index (κ1) is 15.3. The lowest BCUT2D eigenvalue weighted by molar-refractivity contribution is -0.127. The van der Waals surface area contributed by atoms with Crippen LogP contribution in [-0.2, 0) is 9.59 Å². The van der Waals surface area contributed by atoms with Crippen molar-refractivity contribution in [3.63, 3.8) is 0 Å². The summed E-state index contributed by atoms with van der Waals surface area (Å²) >= 11 is 0. The van der Waals surface area contributed by atoms with Crippen molar-refractivity contribution < 1.29 is 9.59 Å². The first-order valence-corrected chi connectivity index (χ1v) is 5.88. The smallest absolute Gasteiger partial charge is 0.229 e. The number of aryl methyl sites for hydroxylation is 1. The number of anilines is 2. The van der Waals surface area contributed by atoms with Crippen LogP contribution in [0.15, 0.2) is 18.2 Å². The highest BCUT2D eigenvalue weighted by atomic mass is 35.5. The number of nitrogens with two attached hydrogens (primary N) is 1. The van der Waals surface area contributed by atoms with Gasteiger partial charge < -0.3 is 16.0 Å². The summed E-state index contributed by atoms with van der Waals surface area (Å²) in [6.45, 7) is 2.38. The fraction of sp³-hybridized carbons (Fsp3) is 0.385. The van der Waals surface area contributed by atoms with Gasteiger partial charge in [0.25, 0.3) is 0 Å². The number of carbonyl (C=O) groups excluding carboxylic acids is 2. The average molecular weight is 284 g/mol. The van der Waals surface area contributed by atoms with E-state index < -0.39 is 0 Å². The standard InChI is InChI=1S/C13H17N3O2.ClH/c1-8-3-4-10(14)6-11(8)15-13(18)9-5-12(17)16(2)7-9;/h3-4,6,9H,5,7,14H2,1-2H3,(H,15,18);1H. The molecule has 5 nitrogen and oxygen atoms in total. The number of likely N-dealkylation sites (tertiary alicyclic amines) is 1. The van der Waals surface area contributed by atoms with E-state index in [9.17, 15) is 9.59 Å². The monoisotopic (exact) mass is 283 g/mol. The van der Waals surface area contributed by atoms with Crippen molar-refractivity contribution in [1.29, 1.82) is 0 Å². The van der Waals surface area contributed by atoms with Crippen molar-refractivity contribution in [3.8, 4) is 0 Å². The molecule has 0 aromatic heterocycles. The molecule has 0 aliphatic carbocycles. The molecule has 104 valence electrons. The molecule has 6 heteroatoms. The Morgan fingerprint density at radius 3 is 2.74 bits per heavy atom. The molecule has 19 heavy (non-hydrogen) atoms. The molecule has 0 bridgehead atoms. The average Bonchev–Trinajstić information content (AvgIpc) is 2.64. The number of nitrogens with zero attached hydrogens (tertiary/aromatic N) is 1. The maximum absolute atomic E-state index is 12.0. The van der Waals surface area contributed by atoms with Crippen LogP contribution in [0.3, 0.4) is 0 Å². The molecule has 1 heterocycles. The molecule has 1 aliphatic rings. The van der Waals surface area contributed by atoms with E-state index in [2.05, 4.69) is 5.32 Å². The fourth-order valence-corrected chi connectivity index (χ4v) is 2.05. The zero-order chi connectivity index (χ0) is 13.3. The minimum Gasteiger partial charge on any atom is -0.399 e. The van der Waals surface area contributed by atoms with Crippen LogP contribution in [0, 0.1) is 12.8 Å². The fourth-order valence-electron chi connectivity index (χ4n) is 2.05. The summed E-state index contributed by atoms with van der Waals surface area (Å²) in [5.74, 6) is -0.385. The second-order valence-corrected chi connectivity index (χ2v) is 4.74. The Morgan fingerprint density at radius 1 is 1.47 bits per heavy atom. The van der Waals surface area contributed by atoms with Crippen LogP contribution < -0.4 is 11.1 Å². The highest BCUT2D eigenvalue weighted by Crippen LogP contribution is 2.22. The molecular weight excluding hydrogens is 266 g/mol. The van der Waals surface area contributed by atoms with Crippen LogP contribution in [0.5, 0.6) is 0 Å². The van der Waals surface area contributed by atoms with Crippen molar-refractivity contribution in [2.45, 2.75) is 13.3 Å². The molecule has 2 rings (SSSR count). The van der Waals surface area contributed by atoms with Gasteiger partial charge in [-0.3, -0.25) is 9.59 Å². The lowest BCUT2D eigenvalue weighted by Gasteiger charge is -2.13. The normalized spacial score (nSPS) is 18.1. The van der Waals surface area contributed by atoms with E-state index in [0.29, 0.717) is 17.9 Å². The number of carbonyl (C=O) groups is 2. The molecule has 1 aromatic rings. The van der Waals surface area contributed by atoms with Crippen molar-refractivity contribution in [2.75, 3.05) is 24.6 Å². The topological polar surface area (TPSA) is 75.4 Å². The van der Waals surface area contributed by atoms with Gasteiger partial charge in [-0.1, -0.05) is 6.07 Å². The maximum atomic E-state index is 12.0. The molecule has 1 aliphatic heterocycles. The summed E-state index contributed by atoms with van der Waals surface area (Å²) < 4.78 is 0.